The van der Waals surface area contributed by atoms with Crippen LogP contribution in [-0.2, 0) is 4.74 Å². The summed E-state index contributed by atoms with van der Waals surface area (Å²) in [5, 5.41) is 12.0. The summed E-state index contributed by atoms with van der Waals surface area (Å²) in [5.41, 5.74) is 5.10. The van der Waals surface area contributed by atoms with E-state index in [1.54, 1.807) is 53.6 Å². The van der Waals surface area contributed by atoms with Crippen molar-refractivity contribution in [2.45, 2.75) is 18.8 Å². The monoisotopic (exact) mass is 561 g/mol. The molecule has 0 atom stereocenters. The van der Waals surface area contributed by atoms with Gasteiger partial charge in [-0.25, -0.2) is 13.9 Å². The van der Waals surface area contributed by atoms with Crippen LogP contribution in [0.3, 0.4) is 0 Å². The molecule has 42 heavy (non-hydrogen) atoms. The van der Waals surface area contributed by atoms with Crippen molar-refractivity contribution < 1.29 is 18.4 Å². The number of imidazole rings is 1. The normalized spacial score (nSPS) is 13.8. The smallest absolute Gasteiger partial charge is 0.256 e. The molecule has 0 radical (unpaired) electrons. The lowest BCUT2D eigenvalue weighted by Gasteiger charge is -2.20. The molecular formula is C31H24FN7O3. The molecule has 1 aromatic carbocycles. The first-order valence-corrected chi connectivity index (χ1v) is 13.5. The minimum Gasteiger partial charge on any atom is -0.381 e. The Morgan fingerprint density at radius 3 is 2.64 bits per heavy atom. The molecule has 0 bridgehead atoms. The number of rotatable bonds is 6. The van der Waals surface area contributed by atoms with Crippen molar-refractivity contribution in [3.63, 3.8) is 0 Å². The standard InChI is InChI=1S/C31H24FN7O3/c32-23-5-3-19(4-6-23)29-28(30(42-38-29)20-10-14-41-15-11-20)24-7-8-27-35-26(18-39(27)37-24)36-31(40)21-9-13-34-25(16-21)22-2-1-12-33-17-22/h1-9,12-13,16-18,20H,10-11,14-15H2,(H,36,40). The van der Waals surface area contributed by atoms with Crippen molar-refractivity contribution in [1.29, 1.82) is 0 Å². The Bertz CT molecular complexity index is 1880. The molecule has 5 aromatic heterocycles. The van der Waals surface area contributed by atoms with Crippen LogP contribution >= 0.6 is 0 Å². The molecule has 1 amide bonds. The summed E-state index contributed by atoms with van der Waals surface area (Å²) in [6, 6.07) is 16.8. The molecule has 6 aromatic rings. The van der Waals surface area contributed by atoms with Crippen LogP contribution in [0.25, 0.3) is 39.4 Å². The number of anilines is 1. The first-order valence-electron chi connectivity index (χ1n) is 13.5. The quantitative estimate of drug-likeness (QED) is 0.271. The van der Waals surface area contributed by atoms with Crippen LogP contribution in [0, 0.1) is 5.82 Å². The third kappa shape index (κ3) is 5.01. The van der Waals surface area contributed by atoms with Crippen LogP contribution in [0.5, 0.6) is 0 Å². The Hall–Kier alpha value is -5.29. The van der Waals surface area contributed by atoms with Crippen LogP contribution in [0.2, 0.25) is 0 Å². The van der Waals surface area contributed by atoms with Crippen molar-refractivity contribution >= 4 is 17.4 Å². The number of hydrogen-bond acceptors (Lipinski definition) is 8. The second-order valence-corrected chi connectivity index (χ2v) is 9.94. The zero-order chi connectivity index (χ0) is 28.5. The van der Waals surface area contributed by atoms with Gasteiger partial charge in [0.1, 0.15) is 17.3 Å². The third-order valence-corrected chi connectivity index (χ3v) is 7.23. The van der Waals surface area contributed by atoms with Gasteiger partial charge in [-0.2, -0.15) is 5.10 Å². The van der Waals surface area contributed by atoms with E-state index in [4.69, 9.17) is 14.4 Å². The lowest BCUT2D eigenvalue weighted by molar-refractivity contribution is 0.0792. The van der Waals surface area contributed by atoms with E-state index in [0.717, 1.165) is 35.3 Å². The van der Waals surface area contributed by atoms with Crippen LogP contribution < -0.4 is 5.32 Å². The van der Waals surface area contributed by atoms with Crippen LogP contribution in [0.15, 0.2) is 90.0 Å². The highest BCUT2D eigenvalue weighted by molar-refractivity contribution is 6.04. The number of aromatic nitrogens is 6. The summed E-state index contributed by atoms with van der Waals surface area (Å²) in [7, 11) is 0. The van der Waals surface area contributed by atoms with Gasteiger partial charge in [0, 0.05) is 54.4 Å². The number of hydrogen-bond donors (Lipinski definition) is 1. The average molecular weight is 562 g/mol. The molecule has 10 nitrogen and oxygen atoms in total. The van der Waals surface area contributed by atoms with Crippen LogP contribution in [-0.4, -0.2) is 48.8 Å². The zero-order valence-electron chi connectivity index (χ0n) is 22.3. The number of halogens is 1. The molecule has 0 unspecified atom stereocenters. The Labute approximate surface area is 239 Å². The Morgan fingerprint density at radius 2 is 1.83 bits per heavy atom. The number of amides is 1. The number of pyridine rings is 2. The molecule has 1 fully saturated rings. The molecule has 6 heterocycles. The molecule has 0 saturated carbocycles. The maximum Gasteiger partial charge on any atom is 0.256 e. The van der Waals surface area contributed by atoms with Gasteiger partial charge in [-0.3, -0.25) is 14.8 Å². The minimum atomic E-state index is -0.332. The summed E-state index contributed by atoms with van der Waals surface area (Å²) in [4.78, 5) is 26.1. The predicted molar refractivity (Wildman–Crippen MR) is 152 cm³/mol. The van der Waals surface area contributed by atoms with E-state index >= 15 is 0 Å². The van der Waals surface area contributed by atoms with Gasteiger partial charge in [-0.05, 0) is 73.5 Å². The van der Waals surface area contributed by atoms with E-state index < -0.39 is 0 Å². The highest BCUT2D eigenvalue weighted by atomic mass is 19.1. The molecule has 0 spiro atoms. The molecule has 208 valence electrons. The molecule has 7 rings (SSSR count). The molecule has 11 heteroatoms. The van der Waals surface area contributed by atoms with Gasteiger partial charge < -0.3 is 14.6 Å². The van der Waals surface area contributed by atoms with Crippen molar-refractivity contribution in [3.05, 3.63) is 103 Å². The number of carbonyl (C=O) groups excluding carboxylic acids is 1. The van der Waals surface area contributed by atoms with Gasteiger partial charge >= 0.3 is 0 Å². The first kappa shape index (κ1) is 25.7. The fourth-order valence-corrected chi connectivity index (χ4v) is 5.10. The molecule has 0 aliphatic carbocycles. The SMILES string of the molecule is O=C(Nc1cn2nc(-c3c(-c4ccc(F)cc4)noc3C3CCOCC3)ccc2n1)c1ccnc(-c2cccnc2)c1. The number of carbonyl (C=O) groups is 1. The van der Waals surface area contributed by atoms with Crippen molar-refractivity contribution in [3.8, 4) is 33.8 Å². The number of fused-ring (bicyclic) bond motifs is 1. The zero-order valence-corrected chi connectivity index (χ0v) is 22.3. The molecular weight excluding hydrogens is 537 g/mol. The van der Waals surface area contributed by atoms with Gasteiger partial charge in [0.15, 0.2) is 11.5 Å². The van der Waals surface area contributed by atoms with Gasteiger partial charge in [0.05, 0.1) is 23.1 Å². The molecule has 1 saturated heterocycles. The highest BCUT2D eigenvalue weighted by Gasteiger charge is 2.29. The summed E-state index contributed by atoms with van der Waals surface area (Å²) in [6.07, 6.45) is 8.21. The third-order valence-electron chi connectivity index (χ3n) is 7.23. The maximum absolute atomic E-state index is 13.7. The summed E-state index contributed by atoms with van der Waals surface area (Å²) in [5.74, 6) is 0.521. The second-order valence-electron chi connectivity index (χ2n) is 9.94. The highest BCUT2D eigenvalue weighted by Crippen LogP contribution is 2.40. The molecule has 1 aliphatic rings. The second kappa shape index (κ2) is 10.9. The summed E-state index contributed by atoms with van der Waals surface area (Å²) in [6.45, 7) is 1.27. The lowest BCUT2D eigenvalue weighted by Crippen LogP contribution is -2.14. The first-order chi connectivity index (χ1) is 20.6. The van der Waals surface area contributed by atoms with Gasteiger partial charge in [-0.15, -0.1) is 0 Å². The summed E-state index contributed by atoms with van der Waals surface area (Å²) < 4.78 is 26.7. The Balaban J connectivity index is 1.21. The molecule has 1 N–H and O–H groups in total. The van der Waals surface area contributed by atoms with E-state index in [-0.39, 0.29) is 17.6 Å². The number of ether oxygens (including phenoxy) is 1. The number of benzene rings is 1. The van der Waals surface area contributed by atoms with Crippen LogP contribution in [0.1, 0.15) is 34.9 Å². The predicted octanol–water partition coefficient (Wildman–Crippen LogP) is 5.79. The van der Waals surface area contributed by atoms with E-state index in [0.29, 0.717) is 47.3 Å². The lowest BCUT2D eigenvalue weighted by atomic mass is 9.91. The van der Waals surface area contributed by atoms with E-state index in [1.165, 1.54) is 12.1 Å². The fourth-order valence-electron chi connectivity index (χ4n) is 5.10. The maximum atomic E-state index is 13.7. The van der Waals surface area contributed by atoms with Crippen LogP contribution in [0.4, 0.5) is 10.2 Å². The summed E-state index contributed by atoms with van der Waals surface area (Å²) >= 11 is 0. The van der Waals surface area contributed by atoms with Crippen molar-refractivity contribution in [2.75, 3.05) is 18.5 Å². The van der Waals surface area contributed by atoms with E-state index in [9.17, 15) is 9.18 Å². The largest absolute Gasteiger partial charge is 0.381 e. The van der Waals surface area contributed by atoms with Gasteiger partial charge in [-0.1, -0.05) is 5.16 Å². The van der Waals surface area contributed by atoms with Crippen molar-refractivity contribution in [1.82, 2.24) is 29.7 Å². The number of nitrogens with zero attached hydrogens (tertiary/aromatic N) is 6. The minimum absolute atomic E-state index is 0.113. The van der Waals surface area contributed by atoms with E-state index in [1.807, 2.05) is 24.3 Å². The molecule has 1 aliphatic heterocycles. The number of nitrogens with one attached hydrogen (secondary N) is 1. The topological polar surface area (TPSA) is 120 Å². The van der Waals surface area contributed by atoms with Gasteiger partial charge in [0.25, 0.3) is 5.91 Å². The average Bonchev–Trinajstić information content (AvgIpc) is 3.66. The van der Waals surface area contributed by atoms with E-state index in [2.05, 4.69) is 25.4 Å². The Kier molecular flexibility index (Phi) is 6.68. The van der Waals surface area contributed by atoms with Crippen molar-refractivity contribution in [2.24, 2.45) is 0 Å². The van der Waals surface area contributed by atoms with Gasteiger partial charge in [0.2, 0.25) is 0 Å². The fraction of sp³-hybridized carbons (Fsp3) is 0.161. The Morgan fingerprint density at radius 1 is 0.976 bits per heavy atom.